The average molecular weight is 210 g/mol. The van der Waals surface area contributed by atoms with E-state index in [-0.39, 0.29) is 0 Å². The molecule has 1 heterocycles. The fraction of sp³-hybridized carbons (Fsp3) is 0.800. The van der Waals surface area contributed by atoms with E-state index < -0.39 is 18.7 Å². The fourth-order valence-electron chi connectivity index (χ4n) is 0.806. The van der Waals surface area contributed by atoms with Crippen LogP contribution in [0.1, 0.15) is 6.92 Å². The fourth-order valence-corrected chi connectivity index (χ4v) is 4.98. The molecular formula is C5H11N2O3PS. The molecule has 5 nitrogen and oxygen atoms in total. The first kappa shape index (κ1) is 10.1. The number of hydrogen-bond acceptors (Lipinski definition) is 3. The molecule has 0 spiro atoms. The summed E-state index contributed by atoms with van der Waals surface area (Å²) >= 11 is 1.26. The third kappa shape index (κ3) is 2.48. The maximum absolute atomic E-state index is 11.6. The van der Waals surface area contributed by atoms with Gasteiger partial charge in [0.1, 0.15) is 6.04 Å². The summed E-state index contributed by atoms with van der Waals surface area (Å²) in [7, 11) is 0. The van der Waals surface area contributed by atoms with E-state index >= 15 is 0 Å². The number of hydrogen-bond donors (Lipinski definition) is 3. The van der Waals surface area contributed by atoms with Gasteiger partial charge in [0.05, 0.1) is 0 Å². The zero-order valence-electron chi connectivity index (χ0n) is 6.61. The van der Waals surface area contributed by atoms with Crippen molar-refractivity contribution in [2.45, 2.75) is 13.0 Å². The molecule has 2 atom stereocenters. The number of carbonyl (C=O) groups is 1. The van der Waals surface area contributed by atoms with Crippen molar-refractivity contribution in [3.05, 3.63) is 0 Å². The zero-order valence-corrected chi connectivity index (χ0v) is 8.32. The lowest BCUT2D eigenvalue weighted by molar-refractivity contribution is -0.138. The van der Waals surface area contributed by atoms with Crippen LogP contribution in [0.4, 0.5) is 0 Å². The molecule has 2 unspecified atom stereocenters. The molecule has 1 aliphatic rings. The van der Waals surface area contributed by atoms with Crippen LogP contribution in [0.15, 0.2) is 0 Å². The van der Waals surface area contributed by atoms with Crippen LogP contribution in [0.2, 0.25) is 0 Å². The quantitative estimate of drug-likeness (QED) is 0.588. The standard InChI is InChI=1S/C5H11N2O3PS/c1-4(5(8)9)7-11(10)6-2-3-12-11/h4H,2-3H2,1H3,(H,8,9)(H2,6,7,10). The predicted octanol–water partition coefficient (Wildman–Crippen LogP) is 0.494. The van der Waals surface area contributed by atoms with Crippen molar-refractivity contribution in [1.82, 2.24) is 10.2 Å². The first-order valence-corrected chi connectivity index (χ1v) is 6.83. The molecule has 7 heteroatoms. The second-order valence-electron chi connectivity index (χ2n) is 2.48. The monoisotopic (exact) mass is 210 g/mol. The van der Waals surface area contributed by atoms with Crippen molar-refractivity contribution in [3.8, 4) is 0 Å². The topological polar surface area (TPSA) is 78.4 Å². The molecule has 1 aliphatic heterocycles. The van der Waals surface area contributed by atoms with Crippen LogP contribution < -0.4 is 10.2 Å². The van der Waals surface area contributed by atoms with Crippen molar-refractivity contribution in [2.75, 3.05) is 12.3 Å². The third-order valence-electron chi connectivity index (χ3n) is 1.43. The summed E-state index contributed by atoms with van der Waals surface area (Å²) < 4.78 is 11.6. The molecule has 0 aromatic rings. The Labute approximate surface area is 74.5 Å². The van der Waals surface area contributed by atoms with Gasteiger partial charge in [-0.25, -0.2) is 10.2 Å². The SMILES string of the molecule is CC(NP1(=O)NCCS1)C(=O)O. The first-order valence-electron chi connectivity index (χ1n) is 3.54. The summed E-state index contributed by atoms with van der Waals surface area (Å²) in [5.74, 6) is -0.226. The molecular weight excluding hydrogens is 199 g/mol. The van der Waals surface area contributed by atoms with Gasteiger partial charge < -0.3 is 5.11 Å². The molecule has 0 aromatic carbocycles. The normalized spacial score (nSPS) is 31.8. The Morgan fingerprint density at radius 2 is 2.50 bits per heavy atom. The molecule has 1 saturated heterocycles. The minimum absolute atomic E-state index is 0.668. The van der Waals surface area contributed by atoms with Crippen LogP contribution in [-0.4, -0.2) is 29.4 Å². The number of aliphatic carboxylic acids is 1. The molecule has 0 aliphatic carbocycles. The van der Waals surface area contributed by atoms with E-state index in [9.17, 15) is 9.36 Å². The van der Waals surface area contributed by atoms with Gasteiger partial charge >= 0.3 is 5.97 Å². The van der Waals surface area contributed by atoms with Gasteiger partial charge in [0.25, 0.3) is 6.65 Å². The smallest absolute Gasteiger partial charge is 0.320 e. The van der Waals surface area contributed by atoms with E-state index in [1.54, 1.807) is 0 Å². The number of rotatable bonds is 3. The molecule has 0 radical (unpaired) electrons. The van der Waals surface area contributed by atoms with E-state index in [1.807, 2.05) is 0 Å². The Balaban J connectivity index is 2.49. The number of carboxylic acid groups (broad SMARTS) is 1. The van der Waals surface area contributed by atoms with Crippen molar-refractivity contribution in [2.24, 2.45) is 0 Å². The van der Waals surface area contributed by atoms with Crippen molar-refractivity contribution in [1.29, 1.82) is 0 Å². The lowest BCUT2D eigenvalue weighted by atomic mass is 10.4. The lowest BCUT2D eigenvalue weighted by Gasteiger charge is -2.15. The van der Waals surface area contributed by atoms with Gasteiger partial charge in [-0.15, -0.1) is 0 Å². The Morgan fingerprint density at radius 1 is 1.83 bits per heavy atom. The highest BCUT2D eigenvalue weighted by molar-refractivity contribution is 8.57. The van der Waals surface area contributed by atoms with E-state index in [0.717, 1.165) is 5.75 Å². The Bertz CT molecular complexity index is 225. The van der Waals surface area contributed by atoms with Gasteiger partial charge in [-0.05, 0) is 6.92 Å². The van der Waals surface area contributed by atoms with Gasteiger partial charge in [0.2, 0.25) is 0 Å². The zero-order chi connectivity index (χ0) is 9.19. The highest BCUT2D eigenvalue weighted by atomic mass is 32.7. The maximum Gasteiger partial charge on any atom is 0.320 e. The minimum atomic E-state index is -2.64. The van der Waals surface area contributed by atoms with Crippen LogP contribution >= 0.6 is 18.0 Å². The second-order valence-corrected chi connectivity index (χ2v) is 7.14. The predicted molar refractivity (Wildman–Crippen MR) is 48.3 cm³/mol. The van der Waals surface area contributed by atoms with Gasteiger partial charge in [-0.3, -0.25) is 9.36 Å². The molecule has 0 amide bonds. The average Bonchev–Trinajstić information content (AvgIpc) is 2.35. The molecule has 0 aromatic heterocycles. The van der Waals surface area contributed by atoms with E-state index in [1.165, 1.54) is 18.3 Å². The molecule has 0 bridgehead atoms. The third-order valence-corrected chi connectivity index (χ3v) is 5.89. The molecule has 3 N–H and O–H groups in total. The summed E-state index contributed by atoms with van der Waals surface area (Å²) in [6.45, 7) is -0.502. The van der Waals surface area contributed by atoms with E-state index in [0.29, 0.717) is 6.54 Å². The Hall–Kier alpha value is -0.0300. The molecule has 1 rings (SSSR count). The summed E-state index contributed by atoms with van der Waals surface area (Å²) in [5, 5.41) is 13.9. The summed E-state index contributed by atoms with van der Waals surface area (Å²) in [6.07, 6.45) is 0. The van der Waals surface area contributed by atoms with Gasteiger partial charge in [0, 0.05) is 12.3 Å². The minimum Gasteiger partial charge on any atom is -0.480 e. The summed E-state index contributed by atoms with van der Waals surface area (Å²) in [5.41, 5.74) is 0. The molecule has 0 saturated carbocycles. The first-order chi connectivity index (χ1) is 5.53. The number of nitrogens with one attached hydrogen (secondary N) is 2. The lowest BCUT2D eigenvalue weighted by Crippen LogP contribution is -2.32. The van der Waals surface area contributed by atoms with Crippen molar-refractivity contribution in [3.63, 3.8) is 0 Å². The maximum atomic E-state index is 11.6. The van der Waals surface area contributed by atoms with Crippen LogP contribution in [0.25, 0.3) is 0 Å². The Morgan fingerprint density at radius 3 is 2.92 bits per heavy atom. The van der Waals surface area contributed by atoms with E-state index in [4.69, 9.17) is 5.11 Å². The molecule has 1 fully saturated rings. The van der Waals surface area contributed by atoms with E-state index in [2.05, 4.69) is 10.2 Å². The van der Waals surface area contributed by atoms with Crippen LogP contribution in [0.3, 0.4) is 0 Å². The second kappa shape index (κ2) is 3.79. The molecule has 70 valence electrons. The summed E-state index contributed by atoms with van der Waals surface area (Å²) in [4.78, 5) is 10.4. The van der Waals surface area contributed by atoms with Crippen molar-refractivity contribution >= 4 is 24.0 Å². The van der Waals surface area contributed by atoms with Gasteiger partial charge in [0.15, 0.2) is 0 Å². The van der Waals surface area contributed by atoms with Crippen LogP contribution in [-0.2, 0) is 9.36 Å². The van der Waals surface area contributed by atoms with Crippen LogP contribution in [0.5, 0.6) is 0 Å². The Kier molecular flexibility index (Phi) is 3.17. The van der Waals surface area contributed by atoms with Crippen LogP contribution in [0, 0.1) is 0 Å². The number of carboxylic acids is 1. The van der Waals surface area contributed by atoms with Crippen molar-refractivity contribution < 1.29 is 14.5 Å². The van der Waals surface area contributed by atoms with Gasteiger partial charge in [-0.2, -0.15) is 0 Å². The summed E-state index contributed by atoms with van der Waals surface area (Å²) in [6, 6.07) is -0.770. The van der Waals surface area contributed by atoms with Gasteiger partial charge in [-0.1, -0.05) is 11.4 Å². The highest BCUT2D eigenvalue weighted by Gasteiger charge is 2.30. The molecule has 12 heavy (non-hydrogen) atoms. The largest absolute Gasteiger partial charge is 0.480 e. The highest BCUT2D eigenvalue weighted by Crippen LogP contribution is 2.54.